The monoisotopic (exact) mass is 497 g/mol. The number of nitrogens with zero attached hydrogens (tertiary/aromatic N) is 4. The van der Waals surface area contributed by atoms with Crippen molar-refractivity contribution in [1.29, 1.82) is 0 Å². The molecule has 0 spiro atoms. The summed E-state index contributed by atoms with van der Waals surface area (Å²) < 4.78 is 18.5. The van der Waals surface area contributed by atoms with E-state index in [1.165, 1.54) is 40.2 Å². The molecule has 0 saturated carbocycles. The van der Waals surface area contributed by atoms with Gasteiger partial charge in [0, 0.05) is 11.9 Å². The second kappa shape index (κ2) is 9.97. The lowest BCUT2D eigenvalue weighted by Crippen LogP contribution is -2.28. The van der Waals surface area contributed by atoms with Crippen molar-refractivity contribution in [3.05, 3.63) is 52.0 Å². The van der Waals surface area contributed by atoms with Gasteiger partial charge in [0.1, 0.15) is 23.1 Å². The molecule has 0 radical (unpaired) electrons. The Balaban J connectivity index is 1.64. The minimum Gasteiger partial charge on any atom is -0.493 e. The summed E-state index contributed by atoms with van der Waals surface area (Å²) in [5.74, 6) is 0.0328. The van der Waals surface area contributed by atoms with E-state index >= 15 is 0 Å². The predicted molar refractivity (Wildman–Crippen MR) is 130 cm³/mol. The number of thiophene rings is 1. The van der Waals surface area contributed by atoms with E-state index in [-0.39, 0.29) is 29.3 Å². The molecular formula is C23H23N5O6S. The highest BCUT2D eigenvalue weighted by Gasteiger charge is 2.21. The number of rotatable bonds is 8. The van der Waals surface area contributed by atoms with E-state index in [0.29, 0.717) is 27.4 Å². The summed E-state index contributed by atoms with van der Waals surface area (Å²) in [6, 6.07) is 7.03. The van der Waals surface area contributed by atoms with Gasteiger partial charge in [-0.1, -0.05) is 0 Å². The molecule has 35 heavy (non-hydrogen) atoms. The zero-order valence-electron chi connectivity index (χ0n) is 19.5. The lowest BCUT2D eigenvalue weighted by Gasteiger charge is -2.08. The zero-order valence-corrected chi connectivity index (χ0v) is 20.3. The SMILES string of the molecule is CCOC(=O)c1sc(-c2ccc(OC)c(OC)c2)cc1NC(=O)Cn1cnc2c(cnn2C)c1=O. The number of ether oxygens (including phenoxy) is 3. The summed E-state index contributed by atoms with van der Waals surface area (Å²) in [6.07, 6.45) is 2.70. The van der Waals surface area contributed by atoms with Gasteiger partial charge in [-0.3, -0.25) is 18.8 Å². The Morgan fingerprint density at radius 1 is 1.14 bits per heavy atom. The van der Waals surface area contributed by atoms with Crippen molar-refractivity contribution in [1.82, 2.24) is 19.3 Å². The molecule has 3 heterocycles. The van der Waals surface area contributed by atoms with E-state index in [4.69, 9.17) is 14.2 Å². The molecule has 12 heteroatoms. The molecule has 0 aliphatic carbocycles. The van der Waals surface area contributed by atoms with Crippen LogP contribution < -0.4 is 20.3 Å². The number of amides is 1. The highest BCUT2D eigenvalue weighted by Crippen LogP contribution is 2.39. The quantitative estimate of drug-likeness (QED) is 0.368. The Morgan fingerprint density at radius 3 is 2.63 bits per heavy atom. The summed E-state index contributed by atoms with van der Waals surface area (Å²) in [7, 11) is 4.75. The largest absolute Gasteiger partial charge is 0.493 e. The second-order valence-corrected chi connectivity index (χ2v) is 8.43. The first kappa shape index (κ1) is 24.0. The highest BCUT2D eigenvalue weighted by molar-refractivity contribution is 7.18. The first-order valence-electron chi connectivity index (χ1n) is 10.6. The van der Waals surface area contributed by atoms with E-state index in [9.17, 15) is 14.4 Å². The van der Waals surface area contributed by atoms with Crippen LogP contribution >= 0.6 is 11.3 Å². The van der Waals surface area contributed by atoms with Gasteiger partial charge in [-0.25, -0.2) is 9.78 Å². The van der Waals surface area contributed by atoms with Gasteiger partial charge in [-0.2, -0.15) is 5.10 Å². The maximum Gasteiger partial charge on any atom is 0.350 e. The molecule has 1 aromatic carbocycles. The fourth-order valence-corrected chi connectivity index (χ4v) is 4.49. The minimum atomic E-state index is -0.560. The lowest BCUT2D eigenvalue weighted by atomic mass is 10.1. The normalized spacial score (nSPS) is 10.9. The van der Waals surface area contributed by atoms with Crippen LogP contribution in [0.1, 0.15) is 16.6 Å². The fourth-order valence-electron chi connectivity index (χ4n) is 3.49. The van der Waals surface area contributed by atoms with E-state index < -0.39 is 11.9 Å². The average molecular weight is 498 g/mol. The van der Waals surface area contributed by atoms with Crippen LogP contribution in [0.25, 0.3) is 21.5 Å². The van der Waals surface area contributed by atoms with E-state index in [1.807, 2.05) is 6.07 Å². The molecule has 1 N–H and O–H groups in total. The Labute approximate surface area is 203 Å². The number of nitrogens with one attached hydrogen (secondary N) is 1. The van der Waals surface area contributed by atoms with Gasteiger partial charge in [0.15, 0.2) is 17.1 Å². The third kappa shape index (κ3) is 4.73. The van der Waals surface area contributed by atoms with Crippen LogP contribution in [0.3, 0.4) is 0 Å². The molecule has 0 bridgehead atoms. The van der Waals surface area contributed by atoms with Gasteiger partial charge in [-0.05, 0) is 36.8 Å². The van der Waals surface area contributed by atoms with Crippen molar-refractivity contribution >= 4 is 39.9 Å². The molecule has 0 fully saturated rings. The molecule has 4 aromatic rings. The first-order chi connectivity index (χ1) is 16.9. The van der Waals surface area contributed by atoms with Crippen LogP contribution in [0.4, 0.5) is 5.69 Å². The molecule has 0 saturated heterocycles. The van der Waals surface area contributed by atoms with Gasteiger partial charge in [0.25, 0.3) is 5.56 Å². The van der Waals surface area contributed by atoms with E-state index in [2.05, 4.69) is 15.4 Å². The number of aromatic nitrogens is 4. The number of carbonyl (C=O) groups excluding carboxylic acids is 2. The van der Waals surface area contributed by atoms with E-state index in [0.717, 1.165) is 5.56 Å². The summed E-state index contributed by atoms with van der Waals surface area (Å²) in [5.41, 5.74) is 1.08. The molecule has 11 nitrogen and oxygen atoms in total. The predicted octanol–water partition coefficient (Wildman–Crippen LogP) is 2.69. The zero-order chi connectivity index (χ0) is 25.1. The van der Waals surface area contributed by atoms with Crippen LogP contribution in [0.5, 0.6) is 11.5 Å². The van der Waals surface area contributed by atoms with Gasteiger partial charge in [0.05, 0.1) is 32.7 Å². The van der Waals surface area contributed by atoms with Crippen LogP contribution in [0.2, 0.25) is 0 Å². The second-order valence-electron chi connectivity index (χ2n) is 7.37. The average Bonchev–Trinajstić information content (AvgIpc) is 3.44. The molecular weight excluding hydrogens is 474 g/mol. The number of esters is 1. The van der Waals surface area contributed by atoms with Crippen LogP contribution in [0, 0.1) is 0 Å². The summed E-state index contributed by atoms with van der Waals surface area (Å²) in [4.78, 5) is 43.3. The standard InChI is InChI=1S/C23H23N5O6S/c1-5-34-23(31)20-15(9-18(35-20)13-6-7-16(32-3)17(8-13)33-4)26-19(29)11-28-12-24-21-14(22(28)30)10-25-27(21)2/h6-10,12H,5,11H2,1-4H3,(H,26,29). The Bertz CT molecular complexity index is 1470. The highest BCUT2D eigenvalue weighted by atomic mass is 32.1. The third-order valence-electron chi connectivity index (χ3n) is 5.17. The van der Waals surface area contributed by atoms with Gasteiger partial charge < -0.3 is 19.5 Å². The van der Waals surface area contributed by atoms with Crippen molar-refractivity contribution in [2.24, 2.45) is 7.05 Å². The van der Waals surface area contributed by atoms with Crippen molar-refractivity contribution in [3.63, 3.8) is 0 Å². The van der Waals surface area contributed by atoms with Gasteiger partial charge >= 0.3 is 5.97 Å². The molecule has 182 valence electrons. The minimum absolute atomic E-state index is 0.183. The molecule has 0 atom stereocenters. The number of benzene rings is 1. The fraction of sp³-hybridized carbons (Fsp3) is 0.261. The van der Waals surface area contributed by atoms with Crippen molar-refractivity contribution < 1.29 is 23.8 Å². The van der Waals surface area contributed by atoms with Crippen LogP contribution in [-0.2, 0) is 23.1 Å². The molecule has 4 rings (SSSR count). The topological polar surface area (TPSA) is 127 Å². The molecule has 0 unspecified atom stereocenters. The molecule has 3 aromatic heterocycles. The molecule has 1 amide bonds. The number of carbonyl (C=O) groups is 2. The number of methoxy groups -OCH3 is 2. The Morgan fingerprint density at radius 2 is 1.91 bits per heavy atom. The third-order valence-corrected chi connectivity index (χ3v) is 6.33. The summed E-state index contributed by atoms with van der Waals surface area (Å²) >= 11 is 1.17. The molecule has 0 aliphatic heterocycles. The first-order valence-corrected chi connectivity index (χ1v) is 11.4. The number of aryl methyl sites for hydroxylation is 1. The van der Waals surface area contributed by atoms with E-state index in [1.54, 1.807) is 39.3 Å². The summed E-state index contributed by atoms with van der Waals surface area (Å²) in [6.45, 7) is 1.59. The van der Waals surface area contributed by atoms with Gasteiger partial charge in [-0.15, -0.1) is 11.3 Å². The van der Waals surface area contributed by atoms with Crippen molar-refractivity contribution in [3.8, 4) is 21.9 Å². The van der Waals surface area contributed by atoms with Crippen molar-refractivity contribution in [2.75, 3.05) is 26.1 Å². The molecule has 0 aliphatic rings. The van der Waals surface area contributed by atoms with Crippen LogP contribution in [0.15, 0.2) is 41.6 Å². The van der Waals surface area contributed by atoms with Crippen molar-refractivity contribution in [2.45, 2.75) is 13.5 Å². The number of hydrogen-bond acceptors (Lipinski definition) is 9. The smallest absolute Gasteiger partial charge is 0.350 e. The van der Waals surface area contributed by atoms with Gasteiger partial charge in [0.2, 0.25) is 5.91 Å². The Kier molecular flexibility index (Phi) is 6.82. The summed E-state index contributed by atoms with van der Waals surface area (Å²) in [5, 5.41) is 7.05. The maximum absolute atomic E-state index is 12.8. The lowest BCUT2D eigenvalue weighted by molar-refractivity contribution is -0.116. The number of fused-ring (bicyclic) bond motifs is 1. The maximum atomic E-state index is 12.8. The van der Waals surface area contributed by atoms with Crippen LogP contribution in [-0.4, -0.2) is 52.0 Å². The number of hydrogen-bond donors (Lipinski definition) is 1. The number of anilines is 1. The Hall–Kier alpha value is -4.19.